The van der Waals surface area contributed by atoms with Crippen molar-refractivity contribution in [2.45, 2.75) is 58.7 Å². The van der Waals surface area contributed by atoms with Crippen molar-refractivity contribution in [3.8, 4) is 0 Å². The Labute approximate surface area is 154 Å². The minimum absolute atomic E-state index is 0.236. The first-order chi connectivity index (χ1) is 9.99. The van der Waals surface area contributed by atoms with Gasteiger partial charge in [-0.2, -0.15) is 0 Å². The third kappa shape index (κ3) is 5.30. The summed E-state index contributed by atoms with van der Waals surface area (Å²) in [5.74, 6) is 0. The second-order valence-electron chi connectivity index (χ2n) is 5.49. The van der Waals surface area contributed by atoms with E-state index in [0.29, 0.717) is 19.3 Å². The third-order valence-electron chi connectivity index (χ3n) is 3.58. The van der Waals surface area contributed by atoms with Gasteiger partial charge in [-0.05, 0) is 95.1 Å². The van der Waals surface area contributed by atoms with E-state index in [1.54, 1.807) is 0 Å². The molecule has 0 spiro atoms. The fourth-order valence-electron chi connectivity index (χ4n) is 2.49. The molecule has 2 rings (SSSR count). The van der Waals surface area contributed by atoms with E-state index in [9.17, 15) is 0 Å². The van der Waals surface area contributed by atoms with Crippen LogP contribution in [-0.4, -0.2) is 25.1 Å². The number of hydrogen-bond acceptors (Lipinski definition) is 3. The van der Waals surface area contributed by atoms with Crippen LogP contribution in [0.1, 0.15) is 37.8 Å². The number of benzene rings is 1. The fraction of sp³-hybridized carbons (Fsp3) is 0.625. The Morgan fingerprint density at radius 1 is 1.29 bits per heavy atom. The lowest BCUT2D eigenvalue weighted by Crippen LogP contribution is -2.39. The van der Waals surface area contributed by atoms with Crippen LogP contribution in [-0.2, 0) is 20.8 Å². The lowest BCUT2D eigenvalue weighted by atomic mass is 10.1. The number of hydrogen-bond donors (Lipinski definition) is 0. The Balaban J connectivity index is 1.87. The summed E-state index contributed by atoms with van der Waals surface area (Å²) in [6.45, 7) is 7.47. The Morgan fingerprint density at radius 2 is 2.05 bits per heavy atom. The van der Waals surface area contributed by atoms with Crippen molar-refractivity contribution in [1.29, 1.82) is 0 Å². The van der Waals surface area contributed by atoms with Crippen LogP contribution < -0.4 is 0 Å². The Hall–Kier alpha value is 0.560. The molecule has 5 heteroatoms. The zero-order valence-electron chi connectivity index (χ0n) is 12.7. The van der Waals surface area contributed by atoms with Crippen LogP contribution in [0, 0.1) is 14.1 Å². The average Bonchev–Trinajstić information content (AvgIpc) is 2.43. The first-order valence-corrected chi connectivity index (χ1v) is 9.48. The van der Waals surface area contributed by atoms with Crippen LogP contribution in [0.3, 0.4) is 0 Å². The molecule has 1 aromatic rings. The van der Waals surface area contributed by atoms with Crippen molar-refractivity contribution in [2.24, 2.45) is 0 Å². The molecule has 1 fully saturated rings. The van der Waals surface area contributed by atoms with Crippen LogP contribution in [0.5, 0.6) is 0 Å². The summed E-state index contributed by atoms with van der Waals surface area (Å²) in [4.78, 5) is 0. The quantitative estimate of drug-likeness (QED) is 0.534. The molecule has 1 aliphatic heterocycles. The normalized spacial score (nSPS) is 26.0. The number of rotatable bonds is 5. The first kappa shape index (κ1) is 17.9. The van der Waals surface area contributed by atoms with Gasteiger partial charge in [-0.25, -0.2) is 0 Å². The molecular formula is C16H22I2O3. The van der Waals surface area contributed by atoms with E-state index in [2.05, 4.69) is 78.1 Å². The van der Waals surface area contributed by atoms with E-state index in [-0.39, 0.29) is 12.4 Å². The van der Waals surface area contributed by atoms with Crippen LogP contribution >= 0.6 is 45.2 Å². The lowest BCUT2D eigenvalue weighted by Gasteiger charge is -2.33. The molecule has 3 unspecified atom stereocenters. The summed E-state index contributed by atoms with van der Waals surface area (Å²) >= 11 is 4.73. The smallest absolute Gasteiger partial charge is 0.181 e. The third-order valence-corrected chi connectivity index (χ3v) is 5.75. The topological polar surface area (TPSA) is 27.7 Å². The molecular weight excluding hydrogens is 494 g/mol. The molecule has 1 aromatic carbocycles. The molecule has 0 radical (unpaired) electrons. The van der Waals surface area contributed by atoms with Crippen LogP contribution in [0.4, 0.5) is 0 Å². The molecule has 3 atom stereocenters. The van der Waals surface area contributed by atoms with Gasteiger partial charge in [0.2, 0.25) is 0 Å². The van der Waals surface area contributed by atoms with Gasteiger partial charge in [0.1, 0.15) is 0 Å². The van der Waals surface area contributed by atoms with E-state index in [4.69, 9.17) is 14.2 Å². The molecule has 1 aliphatic rings. The molecule has 21 heavy (non-hydrogen) atoms. The van der Waals surface area contributed by atoms with Crippen molar-refractivity contribution in [3.63, 3.8) is 0 Å². The molecule has 0 aromatic heterocycles. The Bertz CT molecular complexity index is 479. The molecule has 3 nitrogen and oxygen atoms in total. The Morgan fingerprint density at radius 3 is 2.76 bits per heavy atom. The highest BCUT2D eigenvalue weighted by Crippen LogP contribution is 2.23. The van der Waals surface area contributed by atoms with E-state index in [1.807, 2.05) is 0 Å². The Kier molecular flexibility index (Phi) is 7.18. The van der Waals surface area contributed by atoms with Gasteiger partial charge < -0.3 is 14.2 Å². The average molecular weight is 516 g/mol. The van der Waals surface area contributed by atoms with E-state index >= 15 is 0 Å². The van der Waals surface area contributed by atoms with Gasteiger partial charge in [0.05, 0.1) is 25.4 Å². The fourth-order valence-corrected chi connectivity index (χ4v) is 3.80. The molecule has 0 bridgehead atoms. The van der Waals surface area contributed by atoms with Crippen molar-refractivity contribution in [2.75, 3.05) is 6.61 Å². The summed E-state index contributed by atoms with van der Waals surface area (Å²) < 4.78 is 20.0. The van der Waals surface area contributed by atoms with E-state index < -0.39 is 0 Å². The second kappa shape index (κ2) is 8.42. The highest BCUT2D eigenvalue weighted by atomic mass is 127. The minimum atomic E-state index is -0.236. The molecule has 0 aliphatic carbocycles. The number of ether oxygens (including phenoxy) is 3. The van der Waals surface area contributed by atoms with Gasteiger partial charge in [0, 0.05) is 7.14 Å². The largest absolute Gasteiger partial charge is 0.371 e. The second-order valence-corrected chi connectivity index (χ2v) is 7.81. The summed E-state index contributed by atoms with van der Waals surface area (Å²) in [7, 11) is 0. The molecule has 0 amide bonds. The summed E-state index contributed by atoms with van der Waals surface area (Å²) in [6.07, 6.45) is 2.30. The highest BCUT2D eigenvalue weighted by molar-refractivity contribution is 14.1. The molecule has 118 valence electrons. The zero-order valence-corrected chi connectivity index (χ0v) is 17.0. The zero-order chi connectivity index (χ0) is 15.4. The van der Waals surface area contributed by atoms with Gasteiger partial charge in [-0.15, -0.1) is 0 Å². The number of aryl methyl sites for hydroxylation is 1. The predicted molar refractivity (Wildman–Crippen MR) is 100 cm³/mol. The standard InChI is InChI=1S/C16H22I2O3/c1-4-14-6-11(3)20-15(21-14)9-19-8-12-7-13(17)5-10(2)16(12)18/h5,7,11,14-15H,4,6,8-9H2,1-3H3. The summed E-state index contributed by atoms with van der Waals surface area (Å²) in [6, 6.07) is 4.36. The maximum Gasteiger partial charge on any atom is 0.181 e. The summed E-state index contributed by atoms with van der Waals surface area (Å²) in [5, 5.41) is 0. The number of halogens is 2. The predicted octanol–water partition coefficient (Wildman–Crippen LogP) is 4.65. The van der Waals surface area contributed by atoms with E-state index in [0.717, 1.165) is 12.8 Å². The van der Waals surface area contributed by atoms with Crippen LogP contribution in [0.15, 0.2) is 12.1 Å². The van der Waals surface area contributed by atoms with Gasteiger partial charge in [-0.1, -0.05) is 6.92 Å². The molecule has 0 N–H and O–H groups in total. The van der Waals surface area contributed by atoms with Crippen molar-refractivity contribution in [3.05, 3.63) is 30.4 Å². The molecule has 1 heterocycles. The summed E-state index contributed by atoms with van der Waals surface area (Å²) in [5.41, 5.74) is 2.53. The molecule has 1 saturated heterocycles. The monoisotopic (exact) mass is 516 g/mol. The highest BCUT2D eigenvalue weighted by Gasteiger charge is 2.26. The maximum absolute atomic E-state index is 5.87. The molecule has 0 saturated carbocycles. The van der Waals surface area contributed by atoms with Gasteiger partial charge in [0.15, 0.2) is 6.29 Å². The lowest BCUT2D eigenvalue weighted by molar-refractivity contribution is -0.256. The van der Waals surface area contributed by atoms with E-state index in [1.165, 1.54) is 18.3 Å². The van der Waals surface area contributed by atoms with Gasteiger partial charge >= 0.3 is 0 Å². The van der Waals surface area contributed by atoms with Crippen molar-refractivity contribution >= 4 is 45.2 Å². The van der Waals surface area contributed by atoms with Gasteiger partial charge in [0.25, 0.3) is 0 Å². The van der Waals surface area contributed by atoms with Crippen molar-refractivity contribution in [1.82, 2.24) is 0 Å². The van der Waals surface area contributed by atoms with Crippen LogP contribution in [0.25, 0.3) is 0 Å². The van der Waals surface area contributed by atoms with Crippen LogP contribution in [0.2, 0.25) is 0 Å². The SMILES string of the molecule is CCC1CC(C)OC(COCc2cc(I)cc(C)c2I)O1. The first-order valence-electron chi connectivity index (χ1n) is 7.32. The maximum atomic E-state index is 5.87. The van der Waals surface area contributed by atoms with Crippen molar-refractivity contribution < 1.29 is 14.2 Å². The van der Waals surface area contributed by atoms with Gasteiger partial charge in [-0.3, -0.25) is 0 Å². The minimum Gasteiger partial charge on any atom is -0.371 e.